The number of rotatable bonds is 2. The van der Waals surface area contributed by atoms with Crippen LogP contribution in [-0.4, -0.2) is 18.0 Å². The lowest BCUT2D eigenvalue weighted by Gasteiger charge is -2.21. The third-order valence-corrected chi connectivity index (χ3v) is 6.45. The molecular weight excluding hydrogens is 236 g/mol. The molecule has 0 aromatic carbocycles. The number of nitrogens with one attached hydrogen (secondary N) is 1. The molecule has 4 aliphatic carbocycles. The van der Waals surface area contributed by atoms with Crippen LogP contribution >= 0.6 is 0 Å². The monoisotopic (exact) mass is 262 g/mol. The minimum absolute atomic E-state index is 0.0847. The molecule has 3 nitrogen and oxygen atoms in total. The number of carbonyl (C=O) groups excluding carboxylic acids is 1. The average Bonchev–Trinajstić information content (AvgIpc) is 2.85. The van der Waals surface area contributed by atoms with Crippen molar-refractivity contribution in [1.82, 2.24) is 5.32 Å². The van der Waals surface area contributed by atoms with Gasteiger partial charge in [-0.15, -0.1) is 0 Å². The van der Waals surface area contributed by atoms with Gasteiger partial charge in [-0.3, -0.25) is 4.79 Å². The van der Waals surface area contributed by atoms with Crippen molar-refractivity contribution >= 4 is 5.91 Å². The number of hydrogen-bond acceptors (Lipinski definition) is 2. The van der Waals surface area contributed by atoms with Gasteiger partial charge in [0.25, 0.3) is 0 Å². The molecule has 6 atom stereocenters. The summed E-state index contributed by atoms with van der Waals surface area (Å²) in [6, 6.07) is 0.618. The second-order valence-electron chi connectivity index (χ2n) is 7.43. The summed E-state index contributed by atoms with van der Waals surface area (Å²) in [7, 11) is 0. The van der Waals surface area contributed by atoms with Gasteiger partial charge >= 0.3 is 0 Å². The molecule has 0 spiro atoms. The lowest BCUT2D eigenvalue weighted by molar-refractivity contribution is -0.126. The summed E-state index contributed by atoms with van der Waals surface area (Å²) in [5.41, 5.74) is 6.20. The van der Waals surface area contributed by atoms with Crippen molar-refractivity contribution in [2.24, 2.45) is 35.3 Å². The molecule has 0 saturated heterocycles. The molecule has 2 bridgehead atoms. The van der Waals surface area contributed by atoms with Gasteiger partial charge in [0, 0.05) is 12.1 Å². The van der Waals surface area contributed by atoms with Crippen LogP contribution < -0.4 is 11.1 Å². The molecule has 3 heteroatoms. The van der Waals surface area contributed by atoms with Crippen molar-refractivity contribution in [2.45, 2.75) is 63.5 Å². The summed E-state index contributed by atoms with van der Waals surface area (Å²) >= 11 is 0. The molecule has 0 aromatic heterocycles. The summed E-state index contributed by atoms with van der Waals surface area (Å²) in [4.78, 5) is 12.5. The molecule has 0 aliphatic heterocycles. The Balaban J connectivity index is 1.37. The number of hydrogen-bond donors (Lipinski definition) is 2. The van der Waals surface area contributed by atoms with Crippen molar-refractivity contribution in [2.75, 3.05) is 0 Å². The van der Waals surface area contributed by atoms with E-state index in [1.807, 2.05) is 0 Å². The number of amides is 1. The first-order valence-electron chi connectivity index (χ1n) is 8.31. The number of carbonyl (C=O) groups is 1. The minimum Gasteiger partial charge on any atom is -0.352 e. The van der Waals surface area contributed by atoms with Crippen LogP contribution in [0.4, 0.5) is 0 Å². The quantitative estimate of drug-likeness (QED) is 0.748. The fourth-order valence-electron chi connectivity index (χ4n) is 5.45. The maximum atomic E-state index is 12.5. The van der Waals surface area contributed by atoms with Gasteiger partial charge in [-0.25, -0.2) is 0 Å². The zero-order valence-electron chi connectivity index (χ0n) is 11.7. The summed E-state index contributed by atoms with van der Waals surface area (Å²) in [5.74, 6) is 3.90. The van der Waals surface area contributed by atoms with E-state index in [2.05, 4.69) is 5.32 Å². The van der Waals surface area contributed by atoms with Crippen LogP contribution in [0.2, 0.25) is 0 Å². The first-order chi connectivity index (χ1) is 9.25. The molecule has 0 heterocycles. The molecule has 4 saturated carbocycles. The minimum atomic E-state index is 0.0847. The zero-order chi connectivity index (χ0) is 13.0. The molecule has 6 unspecified atom stereocenters. The van der Waals surface area contributed by atoms with Crippen molar-refractivity contribution in [1.29, 1.82) is 0 Å². The summed E-state index contributed by atoms with van der Waals surface area (Å²) in [5, 5.41) is 3.37. The van der Waals surface area contributed by atoms with Gasteiger partial charge in [0.15, 0.2) is 0 Å². The average molecular weight is 262 g/mol. The van der Waals surface area contributed by atoms with E-state index >= 15 is 0 Å². The van der Waals surface area contributed by atoms with Crippen LogP contribution in [0, 0.1) is 29.6 Å². The highest BCUT2D eigenvalue weighted by molar-refractivity contribution is 5.80. The summed E-state index contributed by atoms with van der Waals surface area (Å²) < 4.78 is 0. The van der Waals surface area contributed by atoms with Crippen LogP contribution in [0.3, 0.4) is 0 Å². The summed E-state index contributed by atoms with van der Waals surface area (Å²) in [6.45, 7) is 0. The van der Waals surface area contributed by atoms with Gasteiger partial charge in [0.05, 0.1) is 5.92 Å². The Hall–Kier alpha value is -0.570. The van der Waals surface area contributed by atoms with E-state index < -0.39 is 0 Å². The van der Waals surface area contributed by atoms with Crippen LogP contribution in [-0.2, 0) is 4.79 Å². The fourth-order valence-corrected chi connectivity index (χ4v) is 5.45. The molecule has 4 aliphatic rings. The highest BCUT2D eigenvalue weighted by Gasteiger charge is 2.65. The molecule has 3 N–H and O–H groups in total. The molecule has 0 radical (unpaired) electrons. The Labute approximate surface area is 115 Å². The molecule has 1 amide bonds. The Bertz CT molecular complexity index is 367. The van der Waals surface area contributed by atoms with Gasteiger partial charge in [-0.2, -0.15) is 0 Å². The third kappa shape index (κ3) is 1.93. The van der Waals surface area contributed by atoms with E-state index in [1.165, 1.54) is 38.5 Å². The maximum absolute atomic E-state index is 12.5. The highest BCUT2D eigenvalue weighted by atomic mass is 16.2. The Morgan fingerprint density at radius 1 is 0.947 bits per heavy atom. The maximum Gasteiger partial charge on any atom is 0.224 e. The van der Waals surface area contributed by atoms with Crippen LogP contribution in [0.5, 0.6) is 0 Å². The Morgan fingerprint density at radius 3 is 2.37 bits per heavy atom. The predicted molar refractivity (Wildman–Crippen MR) is 74.3 cm³/mol. The topological polar surface area (TPSA) is 55.1 Å². The van der Waals surface area contributed by atoms with Gasteiger partial charge in [-0.1, -0.05) is 19.3 Å². The predicted octanol–water partition coefficient (Wildman–Crippen LogP) is 2.05. The van der Waals surface area contributed by atoms with E-state index in [9.17, 15) is 4.79 Å². The van der Waals surface area contributed by atoms with E-state index in [-0.39, 0.29) is 17.9 Å². The molecule has 106 valence electrons. The molecule has 0 aromatic rings. The summed E-state index contributed by atoms with van der Waals surface area (Å²) in [6.07, 6.45) is 9.93. The first kappa shape index (κ1) is 12.2. The van der Waals surface area contributed by atoms with E-state index in [4.69, 9.17) is 5.73 Å². The van der Waals surface area contributed by atoms with Crippen molar-refractivity contribution in [3.63, 3.8) is 0 Å². The second kappa shape index (κ2) is 4.47. The van der Waals surface area contributed by atoms with Gasteiger partial charge in [0.1, 0.15) is 0 Å². The SMILES string of the molecule is NC1CCCCCC1C(=O)NC1C2C3CCC(C3)C12. The molecular formula is C16H26N2O. The third-order valence-electron chi connectivity index (χ3n) is 6.45. The number of nitrogens with two attached hydrogens (primary N) is 1. The Kier molecular flexibility index (Phi) is 2.87. The smallest absolute Gasteiger partial charge is 0.224 e. The largest absolute Gasteiger partial charge is 0.352 e. The second-order valence-corrected chi connectivity index (χ2v) is 7.43. The number of fused-ring (bicyclic) bond motifs is 5. The molecule has 19 heavy (non-hydrogen) atoms. The van der Waals surface area contributed by atoms with Crippen LogP contribution in [0.1, 0.15) is 51.4 Å². The van der Waals surface area contributed by atoms with E-state index in [1.54, 1.807) is 0 Å². The normalized spacial score (nSPS) is 51.5. The fraction of sp³-hybridized carbons (Fsp3) is 0.938. The van der Waals surface area contributed by atoms with Crippen molar-refractivity contribution in [3.05, 3.63) is 0 Å². The van der Waals surface area contributed by atoms with Crippen molar-refractivity contribution in [3.8, 4) is 0 Å². The van der Waals surface area contributed by atoms with Crippen molar-refractivity contribution < 1.29 is 4.79 Å². The molecule has 4 rings (SSSR count). The lowest BCUT2D eigenvalue weighted by Crippen LogP contribution is -2.43. The lowest BCUT2D eigenvalue weighted by atomic mass is 9.94. The standard InChI is InChI=1S/C16H26N2O/c17-12-5-3-1-2-4-11(12)16(19)18-15-13-9-6-7-10(8-9)14(13)15/h9-15H,1-8,17H2,(H,18,19). The van der Waals surface area contributed by atoms with Crippen LogP contribution in [0.25, 0.3) is 0 Å². The Morgan fingerprint density at radius 2 is 1.63 bits per heavy atom. The van der Waals surface area contributed by atoms with Gasteiger partial charge in [-0.05, 0) is 55.8 Å². The van der Waals surface area contributed by atoms with Gasteiger partial charge < -0.3 is 11.1 Å². The van der Waals surface area contributed by atoms with E-state index in [0.29, 0.717) is 6.04 Å². The molecule has 4 fully saturated rings. The highest BCUT2D eigenvalue weighted by Crippen LogP contribution is 2.65. The van der Waals surface area contributed by atoms with Crippen LogP contribution in [0.15, 0.2) is 0 Å². The zero-order valence-corrected chi connectivity index (χ0v) is 11.7. The van der Waals surface area contributed by atoms with Gasteiger partial charge in [0.2, 0.25) is 5.91 Å². The first-order valence-corrected chi connectivity index (χ1v) is 8.31. The van der Waals surface area contributed by atoms with E-state index in [0.717, 1.165) is 36.5 Å².